The third-order valence-corrected chi connectivity index (χ3v) is 4.51. The molecule has 26 heavy (non-hydrogen) atoms. The van der Waals surface area contributed by atoms with Gasteiger partial charge in [-0.15, -0.1) is 0 Å². The van der Waals surface area contributed by atoms with E-state index in [2.05, 4.69) is 10.6 Å². The van der Waals surface area contributed by atoms with Crippen LogP contribution in [-0.2, 0) is 24.7 Å². The number of hydrogen-bond donors (Lipinski definition) is 2. The van der Waals surface area contributed by atoms with Gasteiger partial charge in [0.1, 0.15) is 12.1 Å². The van der Waals surface area contributed by atoms with Crippen LogP contribution in [0, 0.1) is 0 Å². The van der Waals surface area contributed by atoms with Crippen molar-refractivity contribution in [3.05, 3.63) is 35.9 Å². The maximum Gasteiger partial charge on any atom is 0.327 e. The number of esters is 1. The highest BCUT2D eigenvalue weighted by molar-refractivity contribution is 6.08. The summed E-state index contributed by atoms with van der Waals surface area (Å²) in [6, 6.07) is 8.26. The average Bonchev–Trinajstić information content (AvgIpc) is 3.39. The third-order valence-electron chi connectivity index (χ3n) is 4.51. The molecule has 0 radical (unpaired) electrons. The van der Waals surface area contributed by atoms with Gasteiger partial charge in [0.05, 0.1) is 0 Å². The predicted octanol–water partition coefficient (Wildman–Crippen LogP) is 0.664. The summed E-state index contributed by atoms with van der Waals surface area (Å²) in [7, 11) is 0. The molecule has 138 valence electrons. The summed E-state index contributed by atoms with van der Waals surface area (Å²) in [5.74, 6) is -1.74. The zero-order valence-electron chi connectivity index (χ0n) is 14.7. The number of carbonyl (C=O) groups excluding carboxylic acids is 4. The highest BCUT2D eigenvalue weighted by atomic mass is 16.5. The van der Waals surface area contributed by atoms with E-state index < -0.39 is 36.1 Å². The summed E-state index contributed by atoms with van der Waals surface area (Å²) in [6.45, 7) is 2.49. The fraction of sp³-hybridized carbons (Fsp3) is 0.444. The van der Waals surface area contributed by atoms with Crippen molar-refractivity contribution in [1.82, 2.24) is 15.5 Å². The monoisotopic (exact) mass is 359 g/mol. The van der Waals surface area contributed by atoms with Gasteiger partial charge in [-0.25, -0.2) is 4.79 Å². The minimum absolute atomic E-state index is 0.154. The smallest absolute Gasteiger partial charge is 0.327 e. The van der Waals surface area contributed by atoms with Gasteiger partial charge in [0, 0.05) is 6.04 Å². The first-order valence-electron chi connectivity index (χ1n) is 8.51. The number of carbonyl (C=O) groups is 4. The normalized spacial score (nSPS) is 23.4. The molecule has 0 spiro atoms. The van der Waals surface area contributed by atoms with E-state index in [0.29, 0.717) is 5.56 Å². The Morgan fingerprint density at radius 3 is 2.58 bits per heavy atom. The minimum Gasteiger partial charge on any atom is -0.451 e. The second-order valence-electron chi connectivity index (χ2n) is 6.73. The summed E-state index contributed by atoms with van der Waals surface area (Å²) < 4.78 is 5.05. The fourth-order valence-electron chi connectivity index (χ4n) is 2.77. The van der Waals surface area contributed by atoms with E-state index in [1.165, 1.54) is 6.92 Å². The molecule has 1 aliphatic heterocycles. The maximum absolute atomic E-state index is 12.7. The van der Waals surface area contributed by atoms with E-state index in [1.807, 2.05) is 0 Å². The highest BCUT2D eigenvalue weighted by Gasteiger charge is 2.49. The van der Waals surface area contributed by atoms with Gasteiger partial charge < -0.3 is 15.4 Å². The molecule has 2 N–H and O–H groups in total. The van der Waals surface area contributed by atoms with Crippen molar-refractivity contribution in [2.75, 3.05) is 6.54 Å². The van der Waals surface area contributed by atoms with Crippen molar-refractivity contribution < 1.29 is 23.9 Å². The lowest BCUT2D eigenvalue weighted by Crippen LogP contribution is -2.43. The van der Waals surface area contributed by atoms with Crippen LogP contribution in [0.5, 0.6) is 0 Å². The number of nitrogens with one attached hydrogen (secondary N) is 2. The molecular weight excluding hydrogens is 338 g/mol. The number of hydrogen-bond acceptors (Lipinski definition) is 5. The van der Waals surface area contributed by atoms with E-state index in [9.17, 15) is 19.2 Å². The molecule has 1 aromatic rings. The van der Waals surface area contributed by atoms with Crippen molar-refractivity contribution in [2.24, 2.45) is 0 Å². The van der Waals surface area contributed by atoms with Gasteiger partial charge in [0.15, 0.2) is 6.10 Å². The van der Waals surface area contributed by atoms with Crippen LogP contribution in [0.1, 0.15) is 32.3 Å². The SMILES string of the molecule is C[C@H](OC(=O)CN1C(=O)N[C@](C)(c2ccccc2)C1=O)C(=O)NC1CC1. The molecule has 4 amide bonds. The summed E-state index contributed by atoms with van der Waals surface area (Å²) >= 11 is 0. The largest absolute Gasteiger partial charge is 0.451 e. The molecule has 1 saturated carbocycles. The first kappa shape index (κ1) is 17.9. The Bertz CT molecular complexity index is 746. The summed E-state index contributed by atoms with van der Waals surface area (Å²) in [5.41, 5.74) is -0.625. The molecule has 1 saturated heterocycles. The van der Waals surface area contributed by atoms with Crippen LogP contribution in [0.25, 0.3) is 0 Å². The van der Waals surface area contributed by atoms with Crippen LogP contribution in [0.2, 0.25) is 0 Å². The van der Waals surface area contributed by atoms with Gasteiger partial charge in [0.25, 0.3) is 11.8 Å². The lowest BCUT2D eigenvalue weighted by atomic mass is 9.92. The maximum atomic E-state index is 12.7. The zero-order valence-corrected chi connectivity index (χ0v) is 14.7. The van der Waals surface area contributed by atoms with Gasteiger partial charge in [-0.1, -0.05) is 30.3 Å². The van der Waals surface area contributed by atoms with Gasteiger partial charge in [0.2, 0.25) is 0 Å². The molecule has 2 atom stereocenters. The fourth-order valence-corrected chi connectivity index (χ4v) is 2.77. The Balaban J connectivity index is 1.62. The van der Waals surface area contributed by atoms with E-state index >= 15 is 0 Å². The van der Waals surface area contributed by atoms with Gasteiger partial charge >= 0.3 is 12.0 Å². The molecule has 2 fully saturated rings. The van der Waals surface area contributed by atoms with Crippen LogP contribution < -0.4 is 10.6 Å². The minimum atomic E-state index is -1.24. The number of rotatable bonds is 6. The summed E-state index contributed by atoms with van der Waals surface area (Å²) in [6.07, 6.45) is 0.865. The van der Waals surface area contributed by atoms with Crippen LogP contribution >= 0.6 is 0 Å². The molecule has 0 aromatic heterocycles. The Kier molecular flexibility index (Phi) is 4.67. The van der Waals surface area contributed by atoms with Crippen molar-refractivity contribution >= 4 is 23.8 Å². The van der Waals surface area contributed by atoms with Crippen molar-refractivity contribution in [3.8, 4) is 0 Å². The van der Waals surface area contributed by atoms with E-state index in [1.54, 1.807) is 37.3 Å². The van der Waals surface area contributed by atoms with Crippen LogP contribution in [0.3, 0.4) is 0 Å². The molecule has 1 aliphatic carbocycles. The zero-order chi connectivity index (χ0) is 18.9. The highest BCUT2D eigenvalue weighted by Crippen LogP contribution is 2.28. The summed E-state index contributed by atoms with van der Waals surface area (Å²) in [5, 5.41) is 5.34. The second kappa shape index (κ2) is 6.78. The quantitative estimate of drug-likeness (QED) is 0.574. The van der Waals surface area contributed by atoms with Gasteiger partial charge in [-0.3, -0.25) is 19.3 Å². The molecule has 1 aromatic carbocycles. The number of nitrogens with zero attached hydrogens (tertiary/aromatic N) is 1. The van der Waals surface area contributed by atoms with E-state index in [-0.39, 0.29) is 11.9 Å². The van der Waals surface area contributed by atoms with Crippen LogP contribution in [0.4, 0.5) is 4.79 Å². The Hall–Kier alpha value is -2.90. The number of ether oxygens (including phenoxy) is 1. The molecule has 1 heterocycles. The first-order chi connectivity index (χ1) is 12.3. The lowest BCUT2D eigenvalue weighted by Gasteiger charge is -2.22. The molecule has 2 aliphatic rings. The summed E-state index contributed by atoms with van der Waals surface area (Å²) in [4.78, 5) is 49.6. The van der Waals surface area contributed by atoms with Gasteiger partial charge in [-0.05, 0) is 32.3 Å². The molecule has 0 bridgehead atoms. The third kappa shape index (κ3) is 3.54. The van der Waals surface area contributed by atoms with Crippen molar-refractivity contribution in [3.63, 3.8) is 0 Å². The molecule has 0 unspecified atom stereocenters. The standard InChI is InChI=1S/C18H21N3O5/c1-11(15(23)19-13-8-9-13)26-14(22)10-21-16(24)18(2,20-17(21)25)12-6-4-3-5-7-12/h3-7,11,13H,8-10H2,1-2H3,(H,19,23)(H,20,25)/t11-,18+/m0/s1. The molecule has 8 nitrogen and oxygen atoms in total. The van der Waals surface area contributed by atoms with E-state index in [4.69, 9.17) is 4.74 Å². The molecular formula is C18H21N3O5. The lowest BCUT2D eigenvalue weighted by molar-refractivity contribution is -0.156. The number of urea groups is 1. The second-order valence-corrected chi connectivity index (χ2v) is 6.73. The Labute approximate surface area is 150 Å². The topological polar surface area (TPSA) is 105 Å². The predicted molar refractivity (Wildman–Crippen MR) is 90.8 cm³/mol. The average molecular weight is 359 g/mol. The van der Waals surface area contributed by atoms with Gasteiger partial charge in [-0.2, -0.15) is 0 Å². The first-order valence-corrected chi connectivity index (χ1v) is 8.51. The molecule has 8 heteroatoms. The van der Waals surface area contributed by atoms with Crippen molar-refractivity contribution in [2.45, 2.75) is 44.4 Å². The number of benzene rings is 1. The van der Waals surface area contributed by atoms with Crippen LogP contribution in [0.15, 0.2) is 30.3 Å². The Morgan fingerprint density at radius 2 is 1.96 bits per heavy atom. The van der Waals surface area contributed by atoms with Crippen LogP contribution in [-0.4, -0.2) is 47.4 Å². The Morgan fingerprint density at radius 1 is 1.31 bits per heavy atom. The number of amides is 4. The van der Waals surface area contributed by atoms with E-state index in [0.717, 1.165) is 17.7 Å². The van der Waals surface area contributed by atoms with Crippen molar-refractivity contribution in [1.29, 1.82) is 0 Å². The number of imide groups is 1. The molecule has 3 rings (SSSR count).